The first-order chi connectivity index (χ1) is 8.16. The smallest absolute Gasteiger partial charge is 0.355 e. The van der Waals surface area contributed by atoms with Crippen LogP contribution in [0.15, 0.2) is 17.8 Å². The number of carbonyl (C=O) groups excluding carboxylic acids is 1. The van der Waals surface area contributed by atoms with Crippen molar-refractivity contribution in [2.45, 2.75) is 0 Å². The van der Waals surface area contributed by atoms with Crippen molar-refractivity contribution in [3.63, 3.8) is 0 Å². The molecule has 2 rings (SSSR count). The van der Waals surface area contributed by atoms with Crippen LogP contribution < -0.4 is 5.32 Å². The van der Waals surface area contributed by atoms with Gasteiger partial charge in [0, 0.05) is 5.38 Å². The second-order valence-electron chi connectivity index (χ2n) is 2.76. The molecule has 0 aliphatic rings. The molecule has 0 bridgehead atoms. The van der Waals surface area contributed by atoms with Gasteiger partial charge < -0.3 is 5.11 Å². The molecule has 0 unspecified atom stereocenters. The second-order valence-corrected chi connectivity index (χ2v) is 3.62. The lowest BCUT2D eigenvalue weighted by Crippen LogP contribution is -2.14. The molecular weight excluding hydrogens is 246 g/mol. The van der Waals surface area contributed by atoms with E-state index in [4.69, 9.17) is 5.11 Å². The van der Waals surface area contributed by atoms with Gasteiger partial charge >= 0.3 is 5.97 Å². The van der Waals surface area contributed by atoms with Crippen LogP contribution in [0.4, 0.5) is 5.95 Å². The van der Waals surface area contributed by atoms with Gasteiger partial charge in [0.25, 0.3) is 5.91 Å². The Kier molecular flexibility index (Phi) is 3.01. The van der Waals surface area contributed by atoms with Crippen LogP contribution in [0.2, 0.25) is 0 Å². The first kappa shape index (κ1) is 11.1. The van der Waals surface area contributed by atoms with E-state index in [2.05, 4.69) is 25.5 Å². The average molecular weight is 251 g/mol. The maximum absolute atomic E-state index is 11.6. The largest absolute Gasteiger partial charge is 0.476 e. The molecule has 8 nitrogen and oxygen atoms in total. The normalized spacial score (nSPS) is 9.88. The molecule has 0 aromatic carbocycles. The number of hydrogen-bond donors (Lipinski definition) is 2. The van der Waals surface area contributed by atoms with Crippen LogP contribution in [0.25, 0.3) is 0 Å². The lowest BCUT2D eigenvalue weighted by molar-refractivity contribution is 0.0691. The number of carbonyl (C=O) groups is 2. The highest BCUT2D eigenvalue weighted by atomic mass is 32.1. The van der Waals surface area contributed by atoms with Crippen LogP contribution in [0, 0.1) is 0 Å². The van der Waals surface area contributed by atoms with Crippen molar-refractivity contribution in [3.05, 3.63) is 28.5 Å². The summed E-state index contributed by atoms with van der Waals surface area (Å²) in [5, 5.41) is 19.4. The molecule has 2 N–H and O–H groups in total. The molecular formula is C8H5N5O3S. The third-order valence-corrected chi connectivity index (χ3v) is 2.47. The van der Waals surface area contributed by atoms with Crippen LogP contribution in [0.3, 0.4) is 0 Å². The predicted molar refractivity (Wildman–Crippen MR) is 56.9 cm³/mol. The van der Waals surface area contributed by atoms with E-state index in [-0.39, 0.29) is 16.6 Å². The molecule has 0 fully saturated rings. The summed E-state index contributed by atoms with van der Waals surface area (Å²) in [6, 6.07) is 0. The molecule has 0 saturated heterocycles. The van der Waals surface area contributed by atoms with Gasteiger partial charge in [-0.25, -0.2) is 14.8 Å². The molecule has 0 saturated carbocycles. The zero-order valence-electron chi connectivity index (χ0n) is 8.19. The molecule has 0 aliphatic heterocycles. The Bertz CT molecular complexity index is 555. The van der Waals surface area contributed by atoms with Crippen LogP contribution >= 0.6 is 11.3 Å². The summed E-state index contributed by atoms with van der Waals surface area (Å²) >= 11 is 0.925. The lowest BCUT2D eigenvalue weighted by Gasteiger charge is -1.97. The lowest BCUT2D eigenvalue weighted by atomic mass is 10.5. The van der Waals surface area contributed by atoms with Gasteiger partial charge in [-0.2, -0.15) is 5.10 Å². The number of anilines is 1. The summed E-state index contributed by atoms with van der Waals surface area (Å²) in [5.41, 5.74) is -0.174. The van der Waals surface area contributed by atoms with Crippen molar-refractivity contribution in [3.8, 4) is 0 Å². The number of amides is 1. The van der Waals surface area contributed by atoms with Crippen LogP contribution in [-0.2, 0) is 0 Å². The van der Waals surface area contributed by atoms with Crippen LogP contribution in [-0.4, -0.2) is 37.1 Å². The Morgan fingerprint density at radius 3 is 2.76 bits per heavy atom. The fraction of sp³-hybridized carbons (Fsp3) is 0. The Morgan fingerprint density at radius 1 is 1.35 bits per heavy atom. The van der Waals surface area contributed by atoms with Crippen LogP contribution in [0.1, 0.15) is 20.3 Å². The average Bonchev–Trinajstić information content (AvgIpc) is 2.79. The zero-order valence-corrected chi connectivity index (χ0v) is 9.01. The first-order valence-electron chi connectivity index (χ1n) is 4.30. The monoisotopic (exact) mass is 251 g/mol. The summed E-state index contributed by atoms with van der Waals surface area (Å²) in [6.45, 7) is 0. The van der Waals surface area contributed by atoms with Gasteiger partial charge in [-0.15, -0.1) is 16.4 Å². The van der Waals surface area contributed by atoms with E-state index in [1.54, 1.807) is 0 Å². The molecule has 2 heterocycles. The standard InChI is InChI=1S/C8H5N5O3S/c14-5(12-8-9-1-2-10-13-8)6-11-4(3-17-6)7(15)16/h1-3H,(H,15,16)(H,9,12,13,14). The molecule has 2 aromatic rings. The number of nitrogens with zero attached hydrogens (tertiary/aromatic N) is 4. The summed E-state index contributed by atoms with van der Waals surface area (Å²) in [6.07, 6.45) is 2.73. The minimum Gasteiger partial charge on any atom is -0.476 e. The molecule has 0 aliphatic carbocycles. The first-order valence-corrected chi connectivity index (χ1v) is 5.18. The van der Waals surface area contributed by atoms with Gasteiger partial charge in [0.15, 0.2) is 10.7 Å². The van der Waals surface area contributed by atoms with Crippen LogP contribution in [0.5, 0.6) is 0 Å². The van der Waals surface area contributed by atoms with Gasteiger partial charge in [-0.05, 0) is 0 Å². The zero-order chi connectivity index (χ0) is 12.3. The predicted octanol–water partition coefficient (Wildman–Crippen LogP) is 0.279. The highest BCUT2D eigenvalue weighted by Crippen LogP contribution is 2.11. The van der Waals surface area contributed by atoms with Crippen molar-refractivity contribution in [1.29, 1.82) is 0 Å². The number of thiazole rings is 1. The number of rotatable bonds is 3. The maximum atomic E-state index is 11.6. The molecule has 9 heteroatoms. The van der Waals surface area contributed by atoms with Crippen molar-refractivity contribution < 1.29 is 14.7 Å². The molecule has 86 valence electrons. The fourth-order valence-electron chi connectivity index (χ4n) is 0.936. The molecule has 0 spiro atoms. The summed E-state index contributed by atoms with van der Waals surface area (Å²) in [7, 11) is 0. The Balaban J connectivity index is 2.12. The van der Waals surface area contributed by atoms with E-state index in [0.717, 1.165) is 11.3 Å². The Hall–Kier alpha value is -2.42. The fourth-order valence-corrected chi connectivity index (χ4v) is 1.62. The highest BCUT2D eigenvalue weighted by Gasteiger charge is 2.15. The number of aromatic carboxylic acids is 1. The Morgan fingerprint density at radius 2 is 2.18 bits per heavy atom. The summed E-state index contributed by atoms with van der Waals surface area (Å²) < 4.78 is 0. The van der Waals surface area contributed by atoms with Gasteiger partial charge in [-0.3, -0.25) is 10.1 Å². The quantitative estimate of drug-likeness (QED) is 0.804. The second kappa shape index (κ2) is 4.61. The van der Waals surface area contributed by atoms with Crippen molar-refractivity contribution in [2.75, 3.05) is 5.32 Å². The minimum atomic E-state index is -1.18. The number of hydrogen-bond acceptors (Lipinski definition) is 7. The molecule has 2 aromatic heterocycles. The SMILES string of the molecule is O=C(O)c1csc(C(=O)Nc2nccnn2)n1. The van der Waals surface area contributed by atoms with E-state index in [1.165, 1.54) is 17.8 Å². The topological polar surface area (TPSA) is 118 Å². The highest BCUT2D eigenvalue weighted by molar-refractivity contribution is 7.12. The third-order valence-electron chi connectivity index (χ3n) is 1.63. The number of nitrogens with one attached hydrogen (secondary N) is 1. The molecule has 0 atom stereocenters. The van der Waals surface area contributed by atoms with Crippen molar-refractivity contribution in [2.24, 2.45) is 0 Å². The van der Waals surface area contributed by atoms with E-state index in [9.17, 15) is 9.59 Å². The number of aromatic nitrogens is 4. The van der Waals surface area contributed by atoms with E-state index in [0.29, 0.717) is 0 Å². The maximum Gasteiger partial charge on any atom is 0.355 e. The Labute approximate surface area is 98.4 Å². The number of carboxylic acids is 1. The van der Waals surface area contributed by atoms with Gasteiger partial charge in [-0.1, -0.05) is 0 Å². The van der Waals surface area contributed by atoms with Crippen molar-refractivity contribution in [1.82, 2.24) is 20.2 Å². The number of carboxylic acid groups (broad SMARTS) is 1. The molecule has 1 amide bonds. The van der Waals surface area contributed by atoms with E-state index < -0.39 is 11.9 Å². The summed E-state index contributed by atoms with van der Waals surface area (Å²) in [4.78, 5) is 29.5. The molecule has 17 heavy (non-hydrogen) atoms. The van der Waals surface area contributed by atoms with Gasteiger partial charge in [0.05, 0.1) is 12.4 Å². The van der Waals surface area contributed by atoms with Crippen molar-refractivity contribution >= 4 is 29.2 Å². The molecule has 0 radical (unpaired) electrons. The third kappa shape index (κ3) is 2.58. The van der Waals surface area contributed by atoms with E-state index in [1.807, 2.05) is 0 Å². The van der Waals surface area contributed by atoms with Gasteiger partial charge in [0.2, 0.25) is 5.95 Å². The van der Waals surface area contributed by atoms with E-state index >= 15 is 0 Å². The minimum absolute atomic E-state index is 0.0230. The van der Waals surface area contributed by atoms with Gasteiger partial charge in [0.1, 0.15) is 0 Å². The summed E-state index contributed by atoms with van der Waals surface area (Å²) in [5.74, 6) is -1.72.